The molecule has 3 heteroatoms. The Balaban J connectivity index is 1.14. The molecule has 0 atom stereocenters. The van der Waals surface area contributed by atoms with E-state index in [9.17, 15) is 0 Å². The molecule has 3 nitrogen and oxygen atoms in total. The molecule has 53 heavy (non-hydrogen) atoms. The van der Waals surface area contributed by atoms with E-state index in [2.05, 4.69) is 146 Å². The summed E-state index contributed by atoms with van der Waals surface area (Å²) in [6, 6.07) is 60.0. The second kappa shape index (κ2) is 10.7. The SMILES string of the molecule is c1ccc2c(c1)oc1c(-c3ccc(-c4c5ccccc5c(-c5c6oc7ccccc7c6cc6c5oc5ccccc56)c5ccccc45)cc3)cccc12. The van der Waals surface area contributed by atoms with Crippen LogP contribution in [0.1, 0.15) is 0 Å². The van der Waals surface area contributed by atoms with E-state index in [1.165, 1.54) is 16.3 Å². The lowest BCUT2D eigenvalue weighted by Crippen LogP contribution is -1.92. The minimum atomic E-state index is 0.838. The molecule has 9 aromatic carbocycles. The van der Waals surface area contributed by atoms with Gasteiger partial charge in [0.15, 0.2) is 0 Å². The highest BCUT2D eigenvalue weighted by Gasteiger charge is 2.25. The fraction of sp³-hybridized carbons (Fsp3) is 0. The number of benzene rings is 9. The molecular weight excluding hydrogens is 649 g/mol. The van der Waals surface area contributed by atoms with Gasteiger partial charge in [-0.1, -0.05) is 146 Å². The molecule has 0 bridgehead atoms. The van der Waals surface area contributed by atoms with Crippen LogP contribution in [0.3, 0.4) is 0 Å². The number of rotatable bonds is 3. The van der Waals surface area contributed by atoms with Crippen LogP contribution in [-0.2, 0) is 0 Å². The van der Waals surface area contributed by atoms with Crippen LogP contribution < -0.4 is 0 Å². The summed E-state index contributed by atoms with van der Waals surface area (Å²) in [5, 5.41) is 11.3. The van der Waals surface area contributed by atoms with Gasteiger partial charge in [0.1, 0.15) is 33.5 Å². The molecule has 3 heterocycles. The number of furan rings is 3. The van der Waals surface area contributed by atoms with Gasteiger partial charge in [-0.25, -0.2) is 0 Å². The van der Waals surface area contributed by atoms with E-state index in [4.69, 9.17) is 13.3 Å². The molecule has 0 N–H and O–H groups in total. The zero-order chi connectivity index (χ0) is 34.6. The number of hydrogen-bond acceptors (Lipinski definition) is 3. The molecule has 0 fully saturated rings. The fourth-order valence-corrected chi connectivity index (χ4v) is 8.76. The van der Waals surface area contributed by atoms with Crippen LogP contribution in [0.5, 0.6) is 0 Å². The van der Waals surface area contributed by atoms with Gasteiger partial charge in [0.25, 0.3) is 0 Å². The van der Waals surface area contributed by atoms with Crippen molar-refractivity contribution in [3.8, 4) is 33.4 Å². The van der Waals surface area contributed by atoms with Crippen LogP contribution in [-0.4, -0.2) is 0 Å². The first-order valence-corrected chi connectivity index (χ1v) is 18.0. The first-order valence-electron chi connectivity index (χ1n) is 18.0. The summed E-state index contributed by atoms with van der Waals surface area (Å²) in [6.07, 6.45) is 0. The third-order valence-corrected chi connectivity index (χ3v) is 11.1. The lowest BCUT2D eigenvalue weighted by Gasteiger charge is -2.18. The Morgan fingerprint density at radius 2 is 0.642 bits per heavy atom. The van der Waals surface area contributed by atoms with Gasteiger partial charge in [-0.3, -0.25) is 0 Å². The average Bonchev–Trinajstić information content (AvgIpc) is 3.91. The van der Waals surface area contributed by atoms with Crippen LogP contribution in [0.25, 0.3) is 121 Å². The van der Waals surface area contributed by atoms with Crippen LogP contribution in [0.4, 0.5) is 0 Å². The lowest BCUT2D eigenvalue weighted by molar-refractivity contribution is 0.658. The smallest absolute Gasteiger partial charge is 0.147 e. The molecule has 12 aromatic rings. The molecule has 0 aliphatic rings. The largest absolute Gasteiger partial charge is 0.455 e. The van der Waals surface area contributed by atoms with Crippen molar-refractivity contribution in [3.05, 3.63) is 170 Å². The molecule has 0 saturated heterocycles. The van der Waals surface area contributed by atoms with Crippen LogP contribution in [0.15, 0.2) is 183 Å². The molecule has 0 saturated carbocycles. The molecule has 12 rings (SSSR count). The van der Waals surface area contributed by atoms with Crippen LogP contribution >= 0.6 is 0 Å². The highest BCUT2D eigenvalue weighted by Crippen LogP contribution is 2.50. The molecule has 0 spiro atoms. The standard InChI is InChI=1S/C50H28O3/c1-3-17-37-35(15-1)45(30-26-24-29(25-27-30)31-19-11-20-39-32-12-5-8-21-42(32)51-48(31)39)36-16-2-4-18-38(36)46(37)47-49-40(33-13-6-9-22-43(33)52-49)28-41-34-14-7-10-23-44(34)53-50(41)47/h1-28H. The maximum Gasteiger partial charge on any atom is 0.147 e. The van der Waals surface area contributed by atoms with Gasteiger partial charge in [-0.05, 0) is 62.5 Å². The second-order valence-corrected chi connectivity index (χ2v) is 13.9. The van der Waals surface area contributed by atoms with E-state index in [1.807, 2.05) is 24.3 Å². The molecule has 3 aromatic heterocycles. The van der Waals surface area contributed by atoms with Gasteiger partial charge in [0, 0.05) is 43.4 Å². The monoisotopic (exact) mass is 676 g/mol. The van der Waals surface area contributed by atoms with Crippen molar-refractivity contribution < 1.29 is 13.3 Å². The Kier molecular flexibility index (Phi) is 5.77. The molecule has 0 aliphatic carbocycles. The molecule has 0 amide bonds. The van der Waals surface area contributed by atoms with E-state index >= 15 is 0 Å². The van der Waals surface area contributed by atoms with Crippen molar-refractivity contribution in [1.82, 2.24) is 0 Å². The van der Waals surface area contributed by atoms with Gasteiger partial charge in [-0.15, -0.1) is 0 Å². The predicted octanol–water partition coefficient (Wildman–Crippen LogP) is 14.7. The predicted molar refractivity (Wildman–Crippen MR) is 220 cm³/mol. The molecule has 246 valence electrons. The quantitative estimate of drug-likeness (QED) is 0.175. The van der Waals surface area contributed by atoms with Gasteiger partial charge >= 0.3 is 0 Å². The first kappa shape index (κ1) is 28.6. The van der Waals surface area contributed by atoms with Gasteiger partial charge in [-0.2, -0.15) is 0 Å². The first-order chi connectivity index (χ1) is 26.3. The Labute approximate surface area is 302 Å². The summed E-state index contributed by atoms with van der Waals surface area (Å²) in [5.74, 6) is 0. The molecule has 0 radical (unpaired) electrons. The van der Waals surface area contributed by atoms with Crippen molar-refractivity contribution in [2.24, 2.45) is 0 Å². The normalized spacial score (nSPS) is 12.2. The average molecular weight is 677 g/mol. The number of fused-ring (bicyclic) bond motifs is 11. The zero-order valence-electron chi connectivity index (χ0n) is 28.4. The summed E-state index contributed by atoms with van der Waals surface area (Å²) in [5.41, 5.74) is 11.9. The maximum absolute atomic E-state index is 6.79. The highest BCUT2D eigenvalue weighted by atomic mass is 16.3. The minimum absolute atomic E-state index is 0.838. The molecular formula is C50H28O3. The summed E-state index contributed by atoms with van der Waals surface area (Å²) in [4.78, 5) is 0. The van der Waals surface area contributed by atoms with E-state index in [1.54, 1.807) is 0 Å². The van der Waals surface area contributed by atoms with Gasteiger partial charge < -0.3 is 13.3 Å². The fourth-order valence-electron chi connectivity index (χ4n) is 8.76. The van der Waals surface area contributed by atoms with Crippen molar-refractivity contribution >= 4 is 87.4 Å². The summed E-state index contributed by atoms with van der Waals surface area (Å²) in [7, 11) is 0. The van der Waals surface area contributed by atoms with Crippen LogP contribution in [0, 0.1) is 0 Å². The Bertz CT molecular complexity index is 3300. The Morgan fingerprint density at radius 1 is 0.245 bits per heavy atom. The van der Waals surface area contributed by atoms with Crippen LogP contribution in [0.2, 0.25) is 0 Å². The van der Waals surface area contributed by atoms with Crippen molar-refractivity contribution in [1.29, 1.82) is 0 Å². The topological polar surface area (TPSA) is 39.4 Å². The minimum Gasteiger partial charge on any atom is -0.455 e. The highest BCUT2D eigenvalue weighted by molar-refractivity contribution is 6.29. The summed E-state index contributed by atoms with van der Waals surface area (Å²) >= 11 is 0. The molecule has 0 unspecified atom stereocenters. The van der Waals surface area contributed by atoms with E-state index in [-0.39, 0.29) is 0 Å². The van der Waals surface area contributed by atoms with E-state index in [0.717, 1.165) is 104 Å². The van der Waals surface area contributed by atoms with Crippen molar-refractivity contribution in [2.75, 3.05) is 0 Å². The van der Waals surface area contributed by atoms with Crippen molar-refractivity contribution in [2.45, 2.75) is 0 Å². The van der Waals surface area contributed by atoms with Gasteiger partial charge in [0.2, 0.25) is 0 Å². The lowest BCUT2D eigenvalue weighted by atomic mass is 9.85. The number of para-hydroxylation sites is 4. The molecule has 0 aliphatic heterocycles. The Hall–Kier alpha value is -7.10. The third-order valence-electron chi connectivity index (χ3n) is 11.1. The summed E-state index contributed by atoms with van der Waals surface area (Å²) < 4.78 is 20.0. The van der Waals surface area contributed by atoms with Crippen molar-refractivity contribution in [3.63, 3.8) is 0 Å². The van der Waals surface area contributed by atoms with Gasteiger partial charge in [0.05, 0.1) is 5.56 Å². The second-order valence-electron chi connectivity index (χ2n) is 13.9. The third kappa shape index (κ3) is 3.99. The summed E-state index contributed by atoms with van der Waals surface area (Å²) in [6.45, 7) is 0. The van der Waals surface area contributed by atoms with E-state index < -0.39 is 0 Å². The van der Waals surface area contributed by atoms with E-state index in [0.29, 0.717) is 0 Å². The Morgan fingerprint density at radius 3 is 1.17 bits per heavy atom. The number of hydrogen-bond donors (Lipinski definition) is 0. The zero-order valence-corrected chi connectivity index (χ0v) is 28.4. The maximum atomic E-state index is 6.79.